The number of hydrogen-bond acceptors (Lipinski definition) is 6. The Kier molecular flexibility index (Phi) is 7.81. The Labute approximate surface area is 233 Å². The second-order valence-electron chi connectivity index (χ2n) is 9.03. The molecular weight excluding hydrogens is 504 g/mol. The van der Waals surface area contributed by atoms with Gasteiger partial charge in [-0.1, -0.05) is 61.7 Å². The summed E-state index contributed by atoms with van der Waals surface area (Å²) in [5.74, 6) is -0.444. The molecule has 0 saturated carbocycles. The summed E-state index contributed by atoms with van der Waals surface area (Å²) in [6.45, 7) is 11.6. The second kappa shape index (κ2) is 11.2. The molecule has 2 aromatic heterocycles. The molecule has 0 unspecified atom stereocenters. The zero-order chi connectivity index (χ0) is 29.1. The van der Waals surface area contributed by atoms with Crippen LogP contribution in [0.1, 0.15) is 43.2 Å². The summed E-state index contributed by atoms with van der Waals surface area (Å²) in [5.41, 5.74) is 18.8. The van der Waals surface area contributed by atoms with Crippen LogP contribution in [0.3, 0.4) is 0 Å². The summed E-state index contributed by atoms with van der Waals surface area (Å²) in [6, 6.07) is 11.5. The average molecular weight is 535 g/mol. The van der Waals surface area contributed by atoms with E-state index in [4.69, 9.17) is 20.9 Å². The first-order valence-corrected chi connectivity index (χ1v) is 12.4. The molecule has 0 fully saturated rings. The van der Waals surface area contributed by atoms with Gasteiger partial charge in [-0.3, -0.25) is 9.59 Å². The summed E-state index contributed by atoms with van der Waals surface area (Å²) in [7, 11) is 3.05. The van der Waals surface area contributed by atoms with Crippen molar-refractivity contribution in [2.45, 2.75) is 13.8 Å². The number of primary amides is 2. The molecule has 40 heavy (non-hydrogen) atoms. The molecule has 0 aliphatic rings. The highest BCUT2D eigenvalue weighted by atomic mass is 16.5. The number of nitrogens with zero attached hydrogens (tertiary/aromatic N) is 2. The third-order valence-corrected chi connectivity index (χ3v) is 6.93. The Morgan fingerprint density at radius 1 is 0.700 bits per heavy atom. The molecule has 0 bridgehead atoms. The predicted molar refractivity (Wildman–Crippen MR) is 158 cm³/mol. The number of benzene rings is 2. The Morgan fingerprint density at radius 3 is 1.35 bits per heavy atom. The quantitative estimate of drug-likeness (QED) is 0.288. The zero-order valence-electron chi connectivity index (χ0n) is 22.9. The lowest BCUT2D eigenvalue weighted by molar-refractivity contribution is 0.0987. The molecule has 4 aromatic rings. The molecule has 0 saturated heterocycles. The lowest BCUT2D eigenvalue weighted by Crippen LogP contribution is -2.16. The lowest BCUT2D eigenvalue weighted by Gasteiger charge is -2.20. The number of hydrogen-bond donors (Lipinski definition) is 2. The van der Waals surface area contributed by atoms with Gasteiger partial charge in [-0.2, -0.15) is 0 Å². The largest absolute Gasteiger partial charge is 0.495 e. The van der Waals surface area contributed by atoms with E-state index >= 15 is 0 Å². The topological polar surface area (TPSA) is 130 Å². The van der Waals surface area contributed by atoms with E-state index in [-0.39, 0.29) is 11.4 Å². The molecule has 4 rings (SSSR count). The van der Waals surface area contributed by atoms with Crippen molar-refractivity contribution in [2.75, 3.05) is 14.2 Å². The molecule has 0 aliphatic carbocycles. The van der Waals surface area contributed by atoms with Crippen LogP contribution in [0.2, 0.25) is 0 Å². The minimum Gasteiger partial charge on any atom is -0.495 e. The zero-order valence-corrected chi connectivity index (χ0v) is 22.9. The Balaban J connectivity index is 2.03. The molecule has 2 aromatic carbocycles. The van der Waals surface area contributed by atoms with Crippen LogP contribution in [0, 0.1) is 13.8 Å². The van der Waals surface area contributed by atoms with Crippen LogP contribution in [0.25, 0.3) is 45.5 Å². The molecule has 2 amide bonds. The van der Waals surface area contributed by atoms with Gasteiger partial charge in [-0.15, -0.1) is 0 Å². The summed E-state index contributed by atoms with van der Waals surface area (Å²) in [4.78, 5) is 33.4. The van der Waals surface area contributed by atoms with E-state index in [0.29, 0.717) is 33.8 Å². The van der Waals surface area contributed by atoms with Crippen molar-refractivity contribution in [1.29, 1.82) is 0 Å². The highest BCUT2D eigenvalue weighted by Crippen LogP contribution is 2.43. The molecule has 2 heterocycles. The van der Waals surface area contributed by atoms with E-state index in [9.17, 15) is 9.59 Å². The van der Waals surface area contributed by atoms with Gasteiger partial charge in [0.2, 0.25) is 0 Å². The van der Waals surface area contributed by atoms with Crippen LogP contribution < -0.4 is 20.9 Å². The minimum atomic E-state index is -0.674. The second-order valence-corrected chi connectivity index (χ2v) is 9.03. The van der Waals surface area contributed by atoms with Gasteiger partial charge >= 0.3 is 0 Å². The maximum atomic E-state index is 12.4. The number of carbonyl (C=O) groups is 2. The molecule has 0 spiro atoms. The summed E-state index contributed by atoms with van der Waals surface area (Å²) in [6.07, 6.45) is 6.25. The van der Waals surface area contributed by atoms with Crippen LogP contribution in [0.15, 0.2) is 61.9 Å². The van der Waals surface area contributed by atoms with Crippen molar-refractivity contribution in [3.63, 3.8) is 0 Å². The summed E-state index contributed by atoms with van der Waals surface area (Å²) >= 11 is 0. The van der Waals surface area contributed by atoms with Crippen LogP contribution in [-0.2, 0) is 0 Å². The molecule has 4 N–H and O–H groups in total. The van der Waals surface area contributed by atoms with Gasteiger partial charge < -0.3 is 20.9 Å². The van der Waals surface area contributed by atoms with E-state index in [1.165, 1.54) is 26.6 Å². The fraction of sp³-hybridized carbons (Fsp3) is 0.125. The first kappa shape index (κ1) is 27.8. The molecule has 0 atom stereocenters. The van der Waals surface area contributed by atoms with Crippen molar-refractivity contribution in [3.05, 3.63) is 95.6 Å². The van der Waals surface area contributed by atoms with Crippen molar-refractivity contribution >= 4 is 24.0 Å². The van der Waals surface area contributed by atoms with Gasteiger partial charge in [0, 0.05) is 23.5 Å². The number of aromatic nitrogens is 2. The van der Waals surface area contributed by atoms with Crippen LogP contribution >= 0.6 is 0 Å². The average Bonchev–Trinajstić information content (AvgIpc) is 2.95. The van der Waals surface area contributed by atoms with Gasteiger partial charge in [0.25, 0.3) is 11.8 Å². The standard InChI is InChI=1S/C32H30N4O4/c1-7-19-15-35-27(31(33)37)25(29(19)39-5)23-13-9-11-21(17(23)3)22-12-10-14-24(18(22)4)26-28(32(34)38)36-16-20(8-2)30(26)40-6/h7-16H,1-2H2,3-6H3,(H2,33,37)(H2,34,38). The van der Waals surface area contributed by atoms with E-state index in [1.807, 2.05) is 50.2 Å². The monoisotopic (exact) mass is 534 g/mol. The summed E-state index contributed by atoms with van der Waals surface area (Å²) < 4.78 is 11.4. The number of amides is 2. The molecule has 202 valence electrons. The van der Waals surface area contributed by atoms with E-state index in [2.05, 4.69) is 23.1 Å². The van der Waals surface area contributed by atoms with Crippen molar-refractivity contribution in [2.24, 2.45) is 11.5 Å². The highest BCUT2D eigenvalue weighted by Gasteiger charge is 2.25. The molecule has 8 heteroatoms. The normalized spacial score (nSPS) is 10.6. The maximum absolute atomic E-state index is 12.4. The molecule has 8 nitrogen and oxygen atoms in total. The smallest absolute Gasteiger partial charge is 0.268 e. The SMILES string of the molecule is C=Cc1cnc(C(N)=O)c(-c2cccc(-c3cccc(-c4c(C(N)=O)ncc(C=C)c4OC)c3C)c2C)c1OC. The van der Waals surface area contributed by atoms with E-state index < -0.39 is 11.8 Å². The van der Waals surface area contributed by atoms with Crippen LogP contribution in [-0.4, -0.2) is 36.0 Å². The number of pyridine rings is 2. The first-order chi connectivity index (χ1) is 19.2. The van der Waals surface area contributed by atoms with Gasteiger partial charge in [0.15, 0.2) is 0 Å². The third kappa shape index (κ3) is 4.60. The van der Waals surface area contributed by atoms with E-state index in [1.54, 1.807) is 12.2 Å². The summed E-state index contributed by atoms with van der Waals surface area (Å²) in [5, 5.41) is 0. The van der Waals surface area contributed by atoms with Gasteiger partial charge in [-0.25, -0.2) is 9.97 Å². The molecule has 0 radical (unpaired) electrons. The number of rotatable bonds is 9. The van der Waals surface area contributed by atoms with Crippen molar-refractivity contribution in [3.8, 4) is 44.9 Å². The van der Waals surface area contributed by atoms with Gasteiger partial charge in [-0.05, 0) is 47.2 Å². The third-order valence-electron chi connectivity index (χ3n) is 6.93. The minimum absolute atomic E-state index is 0.0938. The van der Waals surface area contributed by atoms with Gasteiger partial charge in [0.1, 0.15) is 22.9 Å². The number of nitrogens with two attached hydrogens (primary N) is 2. The number of methoxy groups -OCH3 is 2. The number of carbonyl (C=O) groups excluding carboxylic acids is 2. The van der Waals surface area contributed by atoms with Gasteiger partial charge in [0.05, 0.1) is 25.3 Å². The Bertz CT molecular complexity index is 1570. The fourth-order valence-corrected chi connectivity index (χ4v) is 5.02. The Hall–Kier alpha value is -5.24. The highest BCUT2D eigenvalue weighted by molar-refractivity contribution is 6.03. The van der Waals surface area contributed by atoms with Crippen LogP contribution in [0.5, 0.6) is 11.5 Å². The fourth-order valence-electron chi connectivity index (χ4n) is 5.02. The maximum Gasteiger partial charge on any atom is 0.268 e. The first-order valence-electron chi connectivity index (χ1n) is 12.4. The molecular formula is C32H30N4O4. The predicted octanol–water partition coefficient (Wildman–Crippen LogP) is 5.60. The Morgan fingerprint density at radius 2 is 1.05 bits per heavy atom. The van der Waals surface area contributed by atoms with Crippen molar-refractivity contribution in [1.82, 2.24) is 9.97 Å². The number of ether oxygens (including phenoxy) is 2. The lowest BCUT2D eigenvalue weighted by atomic mass is 9.86. The van der Waals surface area contributed by atoms with E-state index in [0.717, 1.165) is 33.4 Å². The molecule has 0 aliphatic heterocycles. The van der Waals surface area contributed by atoms with Crippen molar-refractivity contribution < 1.29 is 19.1 Å². The van der Waals surface area contributed by atoms with Crippen LogP contribution in [0.4, 0.5) is 0 Å².